The molecule has 0 fully saturated rings. The maximum absolute atomic E-state index is 13.3. The molecule has 0 radical (unpaired) electrons. The third-order valence-corrected chi connectivity index (χ3v) is 5.59. The van der Waals surface area contributed by atoms with E-state index in [1.807, 2.05) is 24.5 Å². The summed E-state index contributed by atoms with van der Waals surface area (Å²) in [4.78, 5) is 20.9. The standard InChI is InChI=1S/C22H19ClFN3O2S/c1-30-22-25-6-5-19(27-22)14-9-15-10-17(29-21(15)18(23)11-14)12-26-20(28)8-13-3-2-4-16(24)7-13/h2-7,9,11,17H,8,10,12H2,1H3,(H,26,28). The van der Waals surface area contributed by atoms with Gasteiger partial charge in [0, 0.05) is 23.7 Å². The molecular formula is C22H19ClFN3O2S. The maximum atomic E-state index is 13.3. The van der Waals surface area contributed by atoms with Gasteiger partial charge >= 0.3 is 0 Å². The quantitative estimate of drug-likeness (QED) is 0.454. The Kier molecular flexibility index (Phi) is 6.20. The number of rotatable bonds is 6. The van der Waals surface area contributed by atoms with Gasteiger partial charge in [0.05, 0.1) is 23.7 Å². The number of thioether (sulfide) groups is 1. The number of fused-ring (bicyclic) bond motifs is 1. The first-order chi connectivity index (χ1) is 14.5. The summed E-state index contributed by atoms with van der Waals surface area (Å²) in [5, 5.41) is 4.06. The number of ether oxygens (including phenoxy) is 1. The lowest BCUT2D eigenvalue weighted by Crippen LogP contribution is -2.35. The lowest BCUT2D eigenvalue weighted by Gasteiger charge is -2.12. The first-order valence-corrected chi connectivity index (χ1v) is 11.0. The number of hydrogen-bond acceptors (Lipinski definition) is 5. The van der Waals surface area contributed by atoms with E-state index >= 15 is 0 Å². The number of benzene rings is 2. The molecule has 1 N–H and O–H groups in total. The van der Waals surface area contributed by atoms with E-state index in [2.05, 4.69) is 15.3 Å². The Hall–Kier alpha value is -2.64. The first-order valence-electron chi connectivity index (χ1n) is 9.39. The number of carbonyl (C=O) groups is 1. The average molecular weight is 444 g/mol. The minimum absolute atomic E-state index is 0.119. The average Bonchev–Trinajstić information content (AvgIpc) is 3.16. The molecule has 154 valence electrons. The third kappa shape index (κ3) is 4.74. The van der Waals surface area contributed by atoms with Crippen molar-refractivity contribution in [3.8, 4) is 17.0 Å². The van der Waals surface area contributed by atoms with E-state index in [9.17, 15) is 9.18 Å². The normalized spacial score (nSPS) is 14.8. The number of nitrogens with zero attached hydrogens (tertiary/aromatic N) is 2. The fourth-order valence-corrected chi connectivity index (χ4v) is 4.01. The topological polar surface area (TPSA) is 64.1 Å². The molecular weight excluding hydrogens is 425 g/mol. The fourth-order valence-electron chi connectivity index (χ4n) is 3.37. The summed E-state index contributed by atoms with van der Waals surface area (Å²) in [5.74, 6) is 0.107. The van der Waals surface area contributed by atoms with Crippen LogP contribution in [0, 0.1) is 5.82 Å². The van der Waals surface area contributed by atoms with E-state index in [0.717, 1.165) is 16.8 Å². The second kappa shape index (κ2) is 9.02. The lowest BCUT2D eigenvalue weighted by atomic mass is 10.0. The van der Waals surface area contributed by atoms with E-state index in [4.69, 9.17) is 16.3 Å². The number of amides is 1. The molecule has 1 atom stereocenters. The number of hydrogen-bond donors (Lipinski definition) is 1. The molecule has 0 saturated carbocycles. The summed E-state index contributed by atoms with van der Waals surface area (Å²) in [6.45, 7) is 0.346. The summed E-state index contributed by atoms with van der Waals surface area (Å²) in [6, 6.07) is 11.7. The Morgan fingerprint density at radius 1 is 1.33 bits per heavy atom. The Labute approximate surface area is 183 Å². The monoisotopic (exact) mass is 443 g/mol. The van der Waals surface area contributed by atoms with Gasteiger partial charge in [0.2, 0.25) is 5.91 Å². The smallest absolute Gasteiger partial charge is 0.224 e. The van der Waals surface area contributed by atoms with E-state index in [1.54, 1.807) is 18.3 Å². The van der Waals surface area contributed by atoms with Gasteiger partial charge in [0.15, 0.2) is 5.16 Å². The molecule has 1 aliphatic rings. The molecule has 2 heterocycles. The summed E-state index contributed by atoms with van der Waals surface area (Å²) in [7, 11) is 0. The van der Waals surface area contributed by atoms with Gasteiger partial charge in [0.1, 0.15) is 17.7 Å². The van der Waals surface area contributed by atoms with Crippen LogP contribution in [0.5, 0.6) is 5.75 Å². The van der Waals surface area contributed by atoms with Crippen LogP contribution < -0.4 is 10.1 Å². The van der Waals surface area contributed by atoms with Crippen molar-refractivity contribution in [2.45, 2.75) is 24.1 Å². The van der Waals surface area contributed by atoms with Gasteiger partial charge in [-0.1, -0.05) is 35.5 Å². The largest absolute Gasteiger partial charge is 0.486 e. The second-order valence-corrected chi connectivity index (χ2v) is 8.11. The third-order valence-electron chi connectivity index (χ3n) is 4.75. The predicted molar refractivity (Wildman–Crippen MR) is 115 cm³/mol. The minimum Gasteiger partial charge on any atom is -0.486 e. The van der Waals surface area contributed by atoms with Crippen molar-refractivity contribution < 1.29 is 13.9 Å². The number of carbonyl (C=O) groups excluding carboxylic acids is 1. The van der Waals surface area contributed by atoms with Crippen LogP contribution in [0.2, 0.25) is 5.02 Å². The van der Waals surface area contributed by atoms with Crippen molar-refractivity contribution in [2.75, 3.05) is 12.8 Å². The van der Waals surface area contributed by atoms with E-state index in [0.29, 0.717) is 34.5 Å². The number of halogens is 2. The SMILES string of the molecule is CSc1nccc(-c2cc(Cl)c3c(c2)CC(CNC(=O)Cc2cccc(F)c2)O3)n1. The van der Waals surface area contributed by atoms with Gasteiger partial charge in [-0.15, -0.1) is 0 Å². The molecule has 1 unspecified atom stereocenters. The molecule has 3 aromatic rings. The van der Waals surface area contributed by atoms with E-state index in [1.165, 1.54) is 23.9 Å². The molecule has 1 aliphatic heterocycles. The summed E-state index contributed by atoms with van der Waals surface area (Å²) < 4.78 is 19.2. The highest BCUT2D eigenvalue weighted by Gasteiger charge is 2.26. The lowest BCUT2D eigenvalue weighted by molar-refractivity contribution is -0.120. The molecule has 1 aromatic heterocycles. The van der Waals surface area contributed by atoms with Crippen molar-refractivity contribution in [1.82, 2.24) is 15.3 Å². The predicted octanol–water partition coefficient (Wildman–Crippen LogP) is 4.32. The molecule has 0 aliphatic carbocycles. The van der Waals surface area contributed by atoms with Gasteiger partial charge in [0.25, 0.3) is 0 Å². The summed E-state index contributed by atoms with van der Waals surface area (Å²) >= 11 is 7.93. The minimum atomic E-state index is -0.353. The zero-order valence-corrected chi connectivity index (χ0v) is 17.8. The Balaban J connectivity index is 1.40. The van der Waals surface area contributed by atoms with Crippen LogP contribution in [-0.2, 0) is 17.6 Å². The van der Waals surface area contributed by atoms with Crippen molar-refractivity contribution >= 4 is 29.3 Å². The van der Waals surface area contributed by atoms with Crippen LogP contribution in [0.25, 0.3) is 11.3 Å². The van der Waals surface area contributed by atoms with Gasteiger partial charge in [-0.05, 0) is 42.2 Å². The molecule has 0 bridgehead atoms. The van der Waals surface area contributed by atoms with Gasteiger partial charge in [-0.2, -0.15) is 0 Å². The Bertz CT molecular complexity index is 1100. The zero-order valence-electron chi connectivity index (χ0n) is 16.2. The van der Waals surface area contributed by atoms with E-state index in [-0.39, 0.29) is 24.2 Å². The van der Waals surface area contributed by atoms with Crippen molar-refractivity contribution in [3.05, 3.63) is 70.6 Å². The van der Waals surface area contributed by atoms with Crippen molar-refractivity contribution in [3.63, 3.8) is 0 Å². The van der Waals surface area contributed by atoms with Crippen LogP contribution in [0.15, 0.2) is 53.8 Å². The van der Waals surface area contributed by atoms with Crippen LogP contribution in [0.1, 0.15) is 11.1 Å². The second-order valence-electron chi connectivity index (χ2n) is 6.93. The van der Waals surface area contributed by atoms with Gasteiger partial charge < -0.3 is 10.1 Å². The van der Waals surface area contributed by atoms with Crippen LogP contribution >= 0.6 is 23.4 Å². The maximum Gasteiger partial charge on any atom is 0.224 e. The molecule has 4 rings (SSSR count). The molecule has 8 heteroatoms. The van der Waals surface area contributed by atoms with Crippen LogP contribution in [0.3, 0.4) is 0 Å². The number of nitrogens with one attached hydrogen (secondary N) is 1. The molecule has 0 saturated heterocycles. The highest BCUT2D eigenvalue weighted by Crippen LogP contribution is 2.39. The Morgan fingerprint density at radius 3 is 3.00 bits per heavy atom. The highest BCUT2D eigenvalue weighted by atomic mass is 35.5. The summed E-state index contributed by atoms with van der Waals surface area (Å²) in [5.41, 5.74) is 3.30. The zero-order chi connectivity index (χ0) is 21.1. The van der Waals surface area contributed by atoms with Crippen molar-refractivity contribution in [2.24, 2.45) is 0 Å². The fraction of sp³-hybridized carbons (Fsp3) is 0.227. The molecule has 1 amide bonds. The first kappa shape index (κ1) is 20.6. The molecule has 5 nitrogen and oxygen atoms in total. The summed E-state index contributed by atoms with van der Waals surface area (Å²) in [6.07, 6.45) is 4.19. The molecule has 30 heavy (non-hydrogen) atoms. The van der Waals surface area contributed by atoms with Crippen LogP contribution in [-0.4, -0.2) is 34.8 Å². The highest BCUT2D eigenvalue weighted by molar-refractivity contribution is 7.98. The number of aromatic nitrogens is 2. The van der Waals surface area contributed by atoms with Gasteiger partial charge in [-0.25, -0.2) is 14.4 Å². The molecule has 2 aromatic carbocycles. The van der Waals surface area contributed by atoms with Gasteiger partial charge in [-0.3, -0.25) is 4.79 Å². The van der Waals surface area contributed by atoms with E-state index < -0.39 is 0 Å². The Morgan fingerprint density at radius 2 is 2.20 bits per heavy atom. The van der Waals surface area contributed by atoms with Crippen molar-refractivity contribution in [1.29, 1.82) is 0 Å². The van der Waals surface area contributed by atoms with Crippen LogP contribution in [0.4, 0.5) is 4.39 Å². The molecule has 0 spiro atoms.